The zero-order chi connectivity index (χ0) is 20.3. The molecule has 156 valence electrons. The number of rotatable bonds is 3. The van der Waals surface area contributed by atoms with E-state index >= 15 is 0 Å². The predicted octanol–water partition coefficient (Wildman–Crippen LogP) is 2.75. The van der Waals surface area contributed by atoms with E-state index in [0.29, 0.717) is 13.1 Å². The molecule has 1 amide bonds. The van der Waals surface area contributed by atoms with Crippen LogP contribution in [0, 0.1) is 6.92 Å². The Kier molecular flexibility index (Phi) is 6.78. The maximum absolute atomic E-state index is 12.2. The van der Waals surface area contributed by atoms with Gasteiger partial charge in [-0.3, -0.25) is 4.90 Å². The molecule has 0 atom stereocenters. The van der Waals surface area contributed by atoms with E-state index in [1.54, 1.807) is 0 Å². The lowest BCUT2D eigenvalue weighted by atomic mass is 10.1. The summed E-state index contributed by atoms with van der Waals surface area (Å²) in [5.41, 5.74) is 3.40. The quantitative estimate of drug-likeness (QED) is 0.756. The molecule has 2 aliphatic rings. The van der Waals surface area contributed by atoms with Gasteiger partial charge in [0.15, 0.2) is 0 Å². The van der Waals surface area contributed by atoms with Crippen molar-refractivity contribution in [2.24, 2.45) is 0 Å². The fourth-order valence-electron chi connectivity index (χ4n) is 3.74. The van der Waals surface area contributed by atoms with Crippen molar-refractivity contribution in [1.29, 1.82) is 0 Å². The van der Waals surface area contributed by atoms with Crippen molar-refractivity contribution in [3.63, 3.8) is 0 Å². The SMILES string of the molecule is Cc1c(S)cc(CN2CCN(C(=O)OC(C)(C)C)CC2)cc1N1CCNCC1. The molecule has 0 unspecified atom stereocenters. The maximum Gasteiger partial charge on any atom is 0.410 e. The molecule has 0 aromatic heterocycles. The molecule has 6 nitrogen and oxygen atoms in total. The predicted molar refractivity (Wildman–Crippen MR) is 117 cm³/mol. The molecular weight excluding hydrogens is 372 g/mol. The summed E-state index contributed by atoms with van der Waals surface area (Å²) in [5, 5.41) is 3.41. The van der Waals surface area contributed by atoms with Gasteiger partial charge in [-0.05, 0) is 51.0 Å². The number of hydrogen-bond acceptors (Lipinski definition) is 6. The van der Waals surface area contributed by atoms with Gasteiger partial charge in [0, 0.05) is 69.5 Å². The van der Waals surface area contributed by atoms with Gasteiger partial charge >= 0.3 is 6.09 Å². The highest BCUT2D eigenvalue weighted by molar-refractivity contribution is 7.80. The van der Waals surface area contributed by atoms with Crippen LogP contribution in [0.4, 0.5) is 10.5 Å². The molecule has 2 aliphatic heterocycles. The molecule has 3 rings (SSSR count). The molecular formula is C21H34N4O2S. The number of nitrogens with zero attached hydrogens (tertiary/aromatic N) is 3. The van der Waals surface area contributed by atoms with Crippen LogP contribution in [0.1, 0.15) is 31.9 Å². The lowest BCUT2D eigenvalue weighted by Crippen LogP contribution is -2.49. The number of carbonyl (C=O) groups is 1. The van der Waals surface area contributed by atoms with Crippen molar-refractivity contribution < 1.29 is 9.53 Å². The second-order valence-corrected chi connectivity index (χ2v) is 9.22. The van der Waals surface area contributed by atoms with E-state index in [2.05, 4.69) is 34.2 Å². The number of piperazine rings is 2. The monoisotopic (exact) mass is 406 g/mol. The van der Waals surface area contributed by atoms with Crippen molar-refractivity contribution in [2.75, 3.05) is 57.3 Å². The zero-order valence-corrected chi connectivity index (χ0v) is 18.5. The van der Waals surface area contributed by atoms with Crippen LogP contribution in [0.3, 0.4) is 0 Å². The highest BCUT2D eigenvalue weighted by atomic mass is 32.1. The summed E-state index contributed by atoms with van der Waals surface area (Å²) >= 11 is 4.73. The van der Waals surface area contributed by atoms with Gasteiger partial charge in [-0.1, -0.05) is 0 Å². The number of amides is 1. The fraction of sp³-hybridized carbons (Fsp3) is 0.667. The fourth-order valence-corrected chi connectivity index (χ4v) is 4.02. The van der Waals surface area contributed by atoms with E-state index in [9.17, 15) is 4.79 Å². The number of hydrogen-bond donors (Lipinski definition) is 2. The first-order valence-corrected chi connectivity index (χ1v) is 10.7. The van der Waals surface area contributed by atoms with Crippen molar-refractivity contribution in [3.05, 3.63) is 23.3 Å². The average Bonchev–Trinajstić information content (AvgIpc) is 2.64. The number of carbonyl (C=O) groups excluding carboxylic acids is 1. The van der Waals surface area contributed by atoms with Crippen molar-refractivity contribution in [1.82, 2.24) is 15.1 Å². The van der Waals surface area contributed by atoms with Crippen molar-refractivity contribution in [3.8, 4) is 0 Å². The Morgan fingerprint density at radius 1 is 1.11 bits per heavy atom. The van der Waals surface area contributed by atoms with E-state index in [-0.39, 0.29) is 6.09 Å². The Labute approximate surface area is 174 Å². The van der Waals surface area contributed by atoms with Crippen LogP contribution in [0.2, 0.25) is 0 Å². The average molecular weight is 407 g/mol. The molecule has 2 heterocycles. The number of benzene rings is 1. The Morgan fingerprint density at radius 3 is 2.36 bits per heavy atom. The minimum Gasteiger partial charge on any atom is -0.444 e. The first kappa shape index (κ1) is 21.3. The Bertz CT molecular complexity index is 690. The molecule has 0 radical (unpaired) electrons. The standard InChI is InChI=1S/C21H34N4O2S/c1-16-18(24-7-5-22-6-8-24)13-17(14-19(16)28)15-23-9-11-25(12-10-23)20(26)27-21(2,3)4/h13-14,22,28H,5-12,15H2,1-4H3. The van der Waals surface area contributed by atoms with Gasteiger partial charge in [0.1, 0.15) is 5.60 Å². The number of thiol groups is 1. The van der Waals surface area contributed by atoms with Crippen LogP contribution < -0.4 is 10.2 Å². The molecule has 0 spiro atoms. The molecule has 0 bridgehead atoms. The van der Waals surface area contributed by atoms with Gasteiger partial charge in [-0.15, -0.1) is 12.6 Å². The maximum atomic E-state index is 12.2. The third kappa shape index (κ3) is 5.55. The van der Waals surface area contributed by atoms with Crippen LogP contribution in [0.15, 0.2) is 17.0 Å². The third-order valence-electron chi connectivity index (χ3n) is 5.30. The van der Waals surface area contributed by atoms with Crippen LogP contribution >= 0.6 is 12.6 Å². The van der Waals surface area contributed by atoms with E-state index in [0.717, 1.165) is 50.7 Å². The smallest absolute Gasteiger partial charge is 0.410 e. The van der Waals surface area contributed by atoms with E-state index in [4.69, 9.17) is 17.4 Å². The number of anilines is 1. The van der Waals surface area contributed by atoms with Crippen molar-refractivity contribution in [2.45, 2.75) is 44.7 Å². The largest absolute Gasteiger partial charge is 0.444 e. The zero-order valence-electron chi connectivity index (χ0n) is 17.6. The molecule has 2 fully saturated rings. The van der Waals surface area contributed by atoms with E-state index < -0.39 is 5.60 Å². The minimum absolute atomic E-state index is 0.207. The number of ether oxygens (including phenoxy) is 1. The summed E-state index contributed by atoms with van der Waals surface area (Å²) in [5.74, 6) is 0. The summed E-state index contributed by atoms with van der Waals surface area (Å²) < 4.78 is 5.49. The van der Waals surface area contributed by atoms with Crippen LogP contribution in [0.25, 0.3) is 0 Å². The number of nitrogens with one attached hydrogen (secondary N) is 1. The lowest BCUT2D eigenvalue weighted by molar-refractivity contribution is 0.0139. The molecule has 1 N–H and O–H groups in total. The molecule has 0 saturated carbocycles. The van der Waals surface area contributed by atoms with Gasteiger partial charge in [-0.2, -0.15) is 0 Å². The molecule has 0 aliphatic carbocycles. The third-order valence-corrected chi connectivity index (χ3v) is 5.77. The summed E-state index contributed by atoms with van der Waals surface area (Å²) in [6, 6.07) is 4.50. The van der Waals surface area contributed by atoms with Crippen LogP contribution in [-0.4, -0.2) is 73.9 Å². The molecule has 7 heteroatoms. The van der Waals surface area contributed by atoms with Crippen LogP contribution in [0.5, 0.6) is 0 Å². The first-order chi connectivity index (χ1) is 13.2. The van der Waals surface area contributed by atoms with E-state index in [1.807, 2.05) is 25.7 Å². The summed E-state index contributed by atoms with van der Waals surface area (Å²) in [6.07, 6.45) is -0.207. The first-order valence-electron chi connectivity index (χ1n) is 10.2. The van der Waals surface area contributed by atoms with Gasteiger partial charge in [0.05, 0.1) is 0 Å². The highest BCUT2D eigenvalue weighted by Gasteiger charge is 2.26. The summed E-state index contributed by atoms with van der Waals surface area (Å²) in [4.78, 5) is 20.0. The Morgan fingerprint density at radius 2 is 1.75 bits per heavy atom. The normalized spacial score (nSPS) is 19.0. The lowest BCUT2D eigenvalue weighted by Gasteiger charge is -2.36. The highest BCUT2D eigenvalue weighted by Crippen LogP contribution is 2.29. The Hall–Kier alpha value is -1.44. The second-order valence-electron chi connectivity index (χ2n) is 8.74. The topological polar surface area (TPSA) is 48.1 Å². The summed E-state index contributed by atoms with van der Waals surface area (Å²) in [6.45, 7) is 16.0. The molecule has 1 aromatic rings. The second kappa shape index (κ2) is 8.93. The summed E-state index contributed by atoms with van der Waals surface area (Å²) in [7, 11) is 0. The van der Waals surface area contributed by atoms with Crippen molar-refractivity contribution >= 4 is 24.4 Å². The molecule has 28 heavy (non-hydrogen) atoms. The Balaban J connectivity index is 1.60. The van der Waals surface area contributed by atoms with Crippen LogP contribution in [-0.2, 0) is 11.3 Å². The minimum atomic E-state index is -0.445. The van der Waals surface area contributed by atoms with Gasteiger partial charge in [0.2, 0.25) is 0 Å². The molecule has 1 aromatic carbocycles. The molecule has 2 saturated heterocycles. The van der Waals surface area contributed by atoms with Gasteiger partial charge in [0.25, 0.3) is 0 Å². The van der Waals surface area contributed by atoms with E-state index in [1.165, 1.54) is 16.8 Å². The van der Waals surface area contributed by atoms with Gasteiger partial charge < -0.3 is 19.9 Å². The van der Waals surface area contributed by atoms with Gasteiger partial charge in [-0.25, -0.2) is 4.79 Å².